The van der Waals surface area contributed by atoms with Gasteiger partial charge in [0, 0.05) is 21.7 Å². The SMILES string of the molecule is O=C1N/C(=N\N=C\c2ccco2)S/C1=C/c1ccc(-c2cc(Cl)cc(Cl)c2)o1. The summed E-state index contributed by atoms with van der Waals surface area (Å²) in [6.45, 7) is 0. The van der Waals surface area contributed by atoms with Gasteiger partial charge in [0.05, 0.1) is 17.4 Å². The predicted molar refractivity (Wildman–Crippen MR) is 112 cm³/mol. The number of halogens is 2. The zero-order valence-electron chi connectivity index (χ0n) is 14.1. The zero-order chi connectivity index (χ0) is 19.5. The van der Waals surface area contributed by atoms with Crippen molar-refractivity contribution in [2.45, 2.75) is 0 Å². The number of nitrogens with zero attached hydrogens (tertiary/aromatic N) is 2. The lowest BCUT2D eigenvalue weighted by atomic mass is 10.2. The standard InChI is InChI=1S/C19H11Cl2N3O3S/c20-12-6-11(7-13(21)8-12)16-4-3-14(27-16)9-17-18(25)23-19(28-17)24-22-10-15-2-1-5-26-15/h1-10H,(H,23,24,25)/b17-9+,22-10+. The highest BCUT2D eigenvalue weighted by Gasteiger charge is 2.24. The van der Waals surface area contributed by atoms with Crippen molar-refractivity contribution < 1.29 is 13.6 Å². The first-order valence-electron chi connectivity index (χ1n) is 7.98. The molecule has 0 unspecified atom stereocenters. The normalized spacial score (nSPS) is 17.1. The van der Waals surface area contributed by atoms with Gasteiger partial charge in [0.1, 0.15) is 17.3 Å². The molecule has 1 N–H and O–H groups in total. The molecule has 1 aliphatic heterocycles. The summed E-state index contributed by atoms with van der Waals surface area (Å²) in [7, 11) is 0. The molecule has 1 saturated heterocycles. The molecule has 1 aliphatic rings. The fourth-order valence-corrected chi connectivity index (χ4v) is 3.67. The first kappa shape index (κ1) is 18.6. The summed E-state index contributed by atoms with van der Waals surface area (Å²) in [6, 6.07) is 12.2. The quantitative estimate of drug-likeness (QED) is 0.338. The molecule has 0 saturated carbocycles. The van der Waals surface area contributed by atoms with Crippen LogP contribution in [0.5, 0.6) is 0 Å². The molecule has 2 aromatic heterocycles. The Hall–Kier alpha value is -2.74. The summed E-state index contributed by atoms with van der Waals surface area (Å²) < 4.78 is 10.9. The molecule has 9 heteroatoms. The highest BCUT2D eigenvalue weighted by Crippen LogP contribution is 2.31. The number of carbonyl (C=O) groups excluding carboxylic acids is 1. The summed E-state index contributed by atoms with van der Waals surface area (Å²) in [5.74, 6) is 1.40. The number of amides is 1. The van der Waals surface area contributed by atoms with Crippen LogP contribution in [0.1, 0.15) is 11.5 Å². The van der Waals surface area contributed by atoms with Gasteiger partial charge in [-0.05, 0) is 54.2 Å². The van der Waals surface area contributed by atoms with Crippen LogP contribution in [0.2, 0.25) is 10.0 Å². The summed E-state index contributed by atoms with van der Waals surface area (Å²) in [6.07, 6.45) is 4.63. The van der Waals surface area contributed by atoms with Gasteiger partial charge in [-0.3, -0.25) is 10.1 Å². The molecule has 1 fully saturated rings. The molecule has 0 bridgehead atoms. The van der Waals surface area contributed by atoms with Crippen LogP contribution in [-0.4, -0.2) is 17.3 Å². The number of amidine groups is 1. The van der Waals surface area contributed by atoms with E-state index in [-0.39, 0.29) is 5.91 Å². The van der Waals surface area contributed by atoms with Crippen LogP contribution < -0.4 is 5.32 Å². The third-order valence-electron chi connectivity index (χ3n) is 3.57. The average Bonchev–Trinajstić information content (AvgIpc) is 3.37. The van der Waals surface area contributed by atoms with E-state index < -0.39 is 0 Å². The lowest BCUT2D eigenvalue weighted by molar-refractivity contribution is -0.115. The van der Waals surface area contributed by atoms with E-state index in [1.165, 1.54) is 12.5 Å². The van der Waals surface area contributed by atoms with E-state index in [4.69, 9.17) is 32.0 Å². The maximum Gasteiger partial charge on any atom is 0.264 e. The highest BCUT2D eigenvalue weighted by atomic mass is 35.5. The fraction of sp³-hybridized carbons (Fsp3) is 0. The Kier molecular flexibility index (Phi) is 5.38. The van der Waals surface area contributed by atoms with Gasteiger partial charge in [-0.1, -0.05) is 23.2 Å². The highest BCUT2D eigenvalue weighted by molar-refractivity contribution is 8.18. The number of hydrogen-bond donors (Lipinski definition) is 1. The Bertz CT molecular complexity index is 1100. The first-order chi connectivity index (χ1) is 13.6. The lowest BCUT2D eigenvalue weighted by Crippen LogP contribution is -2.19. The van der Waals surface area contributed by atoms with Crippen molar-refractivity contribution in [2.75, 3.05) is 0 Å². The van der Waals surface area contributed by atoms with E-state index in [1.54, 1.807) is 48.5 Å². The molecular weight excluding hydrogens is 421 g/mol. The molecule has 0 radical (unpaired) electrons. The monoisotopic (exact) mass is 431 g/mol. The summed E-state index contributed by atoms with van der Waals surface area (Å²) >= 11 is 13.2. The minimum atomic E-state index is -0.277. The topological polar surface area (TPSA) is 80.1 Å². The van der Waals surface area contributed by atoms with E-state index in [0.29, 0.717) is 37.4 Å². The minimum absolute atomic E-state index is 0.277. The van der Waals surface area contributed by atoms with Crippen LogP contribution in [0.3, 0.4) is 0 Å². The number of nitrogens with one attached hydrogen (secondary N) is 1. The van der Waals surface area contributed by atoms with Crippen LogP contribution in [0.15, 0.2) is 72.7 Å². The van der Waals surface area contributed by atoms with Crippen molar-refractivity contribution in [1.29, 1.82) is 0 Å². The Morgan fingerprint density at radius 1 is 1.07 bits per heavy atom. The average molecular weight is 432 g/mol. The summed E-state index contributed by atoms with van der Waals surface area (Å²) in [5, 5.41) is 11.9. The van der Waals surface area contributed by atoms with Gasteiger partial charge in [0.2, 0.25) is 0 Å². The van der Waals surface area contributed by atoms with Gasteiger partial charge in [-0.25, -0.2) is 0 Å². The fourth-order valence-electron chi connectivity index (χ4n) is 2.39. The second kappa shape index (κ2) is 8.10. The van der Waals surface area contributed by atoms with E-state index in [2.05, 4.69) is 15.5 Å². The lowest BCUT2D eigenvalue weighted by Gasteiger charge is -1.99. The largest absolute Gasteiger partial charge is 0.463 e. The minimum Gasteiger partial charge on any atom is -0.463 e. The molecule has 1 amide bonds. The van der Waals surface area contributed by atoms with E-state index in [1.807, 2.05) is 0 Å². The second-order valence-corrected chi connectivity index (χ2v) is 7.49. The Morgan fingerprint density at radius 3 is 2.64 bits per heavy atom. The number of carbonyl (C=O) groups is 1. The molecule has 1 aromatic carbocycles. The number of hydrogen-bond acceptors (Lipinski definition) is 6. The molecule has 3 heterocycles. The van der Waals surface area contributed by atoms with Crippen LogP contribution in [0.4, 0.5) is 0 Å². The zero-order valence-corrected chi connectivity index (χ0v) is 16.4. The molecule has 0 spiro atoms. The number of thioether (sulfide) groups is 1. The molecule has 28 heavy (non-hydrogen) atoms. The van der Waals surface area contributed by atoms with E-state index in [0.717, 1.165) is 17.3 Å². The molecule has 3 aromatic rings. The predicted octanol–water partition coefficient (Wildman–Crippen LogP) is 5.44. The molecule has 4 rings (SSSR count). The van der Waals surface area contributed by atoms with E-state index in [9.17, 15) is 4.79 Å². The second-order valence-electron chi connectivity index (χ2n) is 5.59. The van der Waals surface area contributed by atoms with Gasteiger partial charge in [0.15, 0.2) is 5.17 Å². The van der Waals surface area contributed by atoms with E-state index >= 15 is 0 Å². The van der Waals surface area contributed by atoms with Crippen LogP contribution >= 0.6 is 35.0 Å². The summed E-state index contributed by atoms with van der Waals surface area (Å²) in [4.78, 5) is 12.6. The Labute approximate surface area is 173 Å². The van der Waals surface area contributed by atoms with Crippen molar-refractivity contribution in [3.63, 3.8) is 0 Å². The Morgan fingerprint density at radius 2 is 1.89 bits per heavy atom. The molecule has 6 nitrogen and oxygen atoms in total. The van der Waals surface area contributed by atoms with Gasteiger partial charge in [0.25, 0.3) is 5.91 Å². The number of furan rings is 2. The van der Waals surface area contributed by atoms with Crippen molar-refractivity contribution in [3.05, 3.63) is 75.2 Å². The number of benzene rings is 1. The van der Waals surface area contributed by atoms with Crippen molar-refractivity contribution >= 4 is 58.3 Å². The van der Waals surface area contributed by atoms with Gasteiger partial charge in [-0.15, -0.1) is 5.10 Å². The van der Waals surface area contributed by atoms with Crippen molar-refractivity contribution in [1.82, 2.24) is 5.32 Å². The van der Waals surface area contributed by atoms with Crippen LogP contribution in [-0.2, 0) is 4.79 Å². The van der Waals surface area contributed by atoms with Gasteiger partial charge in [-0.2, -0.15) is 5.10 Å². The first-order valence-corrected chi connectivity index (χ1v) is 9.56. The third-order valence-corrected chi connectivity index (χ3v) is 4.91. The van der Waals surface area contributed by atoms with Crippen LogP contribution in [0, 0.1) is 0 Å². The summed E-state index contributed by atoms with van der Waals surface area (Å²) in [5.41, 5.74) is 0.750. The van der Waals surface area contributed by atoms with Crippen molar-refractivity contribution in [3.8, 4) is 11.3 Å². The van der Waals surface area contributed by atoms with Gasteiger partial charge < -0.3 is 8.83 Å². The van der Waals surface area contributed by atoms with Crippen molar-refractivity contribution in [2.24, 2.45) is 10.2 Å². The van der Waals surface area contributed by atoms with Crippen LogP contribution in [0.25, 0.3) is 17.4 Å². The Balaban J connectivity index is 1.50. The maximum absolute atomic E-state index is 12.1. The molecule has 0 atom stereocenters. The molecule has 0 aliphatic carbocycles. The van der Waals surface area contributed by atoms with Gasteiger partial charge >= 0.3 is 0 Å². The molecular formula is C19H11Cl2N3O3S. The third kappa shape index (κ3) is 4.39. The molecule has 140 valence electrons. The number of rotatable bonds is 4. The maximum atomic E-state index is 12.1. The smallest absolute Gasteiger partial charge is 0.264 e.